The molecule has 0 spiro atoms. The van der Waals surface area contributed by atoms with Gasteiger partial charge >= 0.3 is 12.0 Å². The number of carbonyl (C=O) groups excluding carboxylic acids is 1. The summed E-state index contributed by atoms with van der Waals surface area (Å²) in [5.41, 5.74) is -0.0654. The van der Waals surface area contributed by atoms with Crippen molar-refractivity contribution in [2.45, 2.75) is 6.92 Å². The first-order chi connectivity index (χ1) is 5.74. The smallest absolute Gasteiger partial charge is 0.357 e. The van der Waals surface area contributed by atoms with Gasteiger partial charge in [0.15, 0.2) is 5.69 Å². The Labute approximate surface area is 68.4 Å². The Morgan fingerprint density at radius 1 is 1.75 bits per heavy atom. The summed E-state index contributed by atoms with van der Waals surface area (Å²) in [6.45, 7) is 1.90. The number of carbonyl (C=O) groups is 1. The van der Waals surface area contributed by atoms with Gasteiger partial charge < -0.3 is 4.74 Å². The molecule has 1 aromatic heterocycles. The van der Waals surface area contributed by atoms with Gasteiger partial charge in [0.2, 0.25) is 0 Å². The lowest BCUT2D eigenvalue weighted by Gasteiger charge is -1.98. The standard InChI is InChI=1S/C7H7FN2O2/c1-2-12-6(11)5-3-4-9-7(8)10-5/h3-4H,2H2,1H3. The van der Waals surface area contributed by atoms with Crippen molar-refractivity contribution in [3.8, 4) is 0 Å². The van der Waals surface area contributed by atoms with E-state index in [0.29, 0.717) is 0 Å². The Morgan fingerprint density at radius 3 is 3.08 bits per heavy atom. The van der Waals surface area contributed by atoms with Crippen molar-refractivity contribution in [1.82, 2.24) is 9.97 Å². The van der Waals surface area contributed by atoms with Gasteiger partial charge in [-0.05, 0) is 13.0 Å². The Kier molecular flexibility index (Phi) is 2.68. The Balaban J connectivity index is 2.81. The molecule has 0 saturated heterocycles. The lowest BCUT2D eigenvalue weighted by molar-refractivity contribution is 0.0517. The number of nitrogens with zero attached hydrogens (tertiary/aromatic N) is 2. The van der Waals surface area contributed by atoms with Crippen LogP contribution in [0.2, 0.25) is 0 Å². The quantitative estimate of drug-likeness (QED) is 0.486. The van der Waals surface area contributed by atoms with Crippen LogP contribution in [-0.4, -0.2) is 22.5 Å². The molecule has 0 aliphatic heterocycles. The van der Waals surface area contributed by atoms with E-state index in [2.05, 4.69) is 14.7 Å². The van der Waals surface area contributed by atoms with Crippen LogP contribution in [-0.2, 0) is 4.74 Å². The topological polar surface area (TPSA) is 52.1 Å². The molecule has 0 bridgehead atoms. The van der Waals surface area contributed by atoms with E-state index < -0.39 is 12.0 Å². The van der Waals surface area contributed by atoms with Gasteiger partial charge in [-0.15, -0.1) is 0 Å². The van der Waals surface area contributed by atoms with Crippen molar-refractivity contribution in [3.05, 3.63) is 24.0 Å². The Hall–Kier alpha value is -1.52. The van der Waals surface area contributed by atoms with E-state index in [9.17, 15) is 9.18 Å². The van der Waals surface area contributed by atoms with E-state index >= 15 is 0 Å². The van der Waals surface area contributed by atoms with Gasteiger partial charge in [0.25, 0.3) is 0 Å². The van der Waals surface area contributed by atoms with E-state index in [0.717, 1.165) is 6.20 Å². The normalized spacial score (nSPS) is 9.50. The molecule has 0 amide bonds. The van der Waals surface area contributed by atoms with Crippen LogP contribution in [0.15, 0.2) is 12.3 Å². The minimum atomic E-state index is -0.930. The van der Waals surface area contributed by atoms with Crippen LogP contribution in [0.4, 0.5) is 4.39 Å². The second kappa shape index (κ2) is 3.75. The molecule has 1 rings (SSSR count). The zero-order chi connectivity index (χ0) is 8.97. The molecule has 1 aromatic rings. The molecular weight excluding hydrogens is 163 g/mol. The molecular formula is C7H7FN2O2. The van der Waals surface area contributed by atoms with Gasteiger partial charge in [-0.25, -0.2) is 9.78 Å². The first-order valence-corrected chi connectivity index (χ1v) is 3.39. The minimum absolute atomic E-state index is 0.0654. The van der Waals surface area contributed by atoms with Crippen molar-refractivity contribution in [2.75, 3.05) is 6.61 Å². The van der Waals surface area contributed by atoms with Crippen LogP contribution in [0.25, 0.3) is 0 Å². The molecule has 4 nitrogen and oxygen atoms in total. The van der Waals surface area contributed by atoms with E-state index in [1.807, 2.05) is 0 Å². The number of esters is 1. The summed E-state index contributed by atoms with van der Waals surface area (Å²) in [4.78, 5) is 17.4. The predicted octanol–water partition coefficient (Wildman–Crippen LogP) is 0.792. The number of hydrogen-bond donors (Lipinski definition) is 0. The molecule has 0 N–H and O–H groups in total. The summed E-state index contributed by atoms with van der Waals surface area (Å²) in [5.74, 6) is -0.640. The number of hydrogen-bond acceptors (Lipinski definition) is 4. The number of halogens is 1. The number of rotatable bonds is 2. The molecule has 0 aromatic carbocycles. The minimum Gasteiger partial charge on any atom is -0.461 e. The van der Waals surface area contributed by atoms with Crippen LogP contribution in [0.5, 0.6) is 0 Å². The summed E-state index contributed by atoms with van der Waals surface area (Å²) >= 11 is 0. The van der Waals surface area contributed by atoms with Gasteiger partial charge in [-0.3, -0.25) is 0 Å². The van der Waals surface area contributed by atoms with Crippen molar-refractivity contribution < 1.29 is 13.9 Å². The zero-order valence-corrected chi connectivity index (χ0v) is 6.45. The first kappa shape index (κ1) is 8.58. The number of aromatic nitrogens is 2. The highest BCUT2D eigenvalue weighted by Crippen LogP contribution is 1.96. The van der Waals surface area contributed by atoms with Gasteiger partial charge in [0.05, 0.1) is 6.61 Å². The monoisotopic (exact) mass is 170 g/mol. The molecule has 1 heterocycles. The fourth-order valence-corrected chi connectivity index (χ4v) is 0.654. The highest BCUT2D eigenvalue weighted by atomic mass is 19.1. The molecule has 0 radical (unpaired) electrons. The predicted molar refractivity (Wildman–Crippen MR) is 37.9 cm³/mol. The zero-order valence-electron chi connectivity index (χ0n) is 6.45. The van der Waals surface area contributed by atoms with Crippen LogP contribution < -0.4 is 0 Å². The van der Waals surface area contributed by atoms with E-state index in [4.69, 9.17) is 0 Å². The van der Waals surface area contributed by atoms with Crippen molar-refractivity contribution in [3.63, 3.8) is 0 Å². The van der Waals surface area contributed by atoms with Crippen LogP contribution >= 0.6 is 0 Å². The molecule has 0 saturated carbocycles. The van der Waals surface area contributed by atoms with E-state index in [1.54, 1.807) is 6.92 Å². The maximum atomic E-state index is 12.3. The third kappa shape index (κ3) is 1.98. The molecule has 0 fully saturated rings. The summed E-state index contributed by atoms with van der Waals surface area (Å²) in [6.07, 6.45) is 0.231. The summed E-state index contributed by atoms with van der Waals surface area (Å²) in [7, 11) is 0. The van der Waals surface area contributed by atoms with Gasteiger partial charge in [-0.1, -0.05) is 0 Å². The third-order valence-corrected chi connectivity index (χ3v) is 1.11. The first-order valence-electron chi connectivity index (χ1n) is 3.39. The highest BCUT2D eigenvalue weighted by Gasteiger charge is 2.08. The fraction of sp³-hybridized carbons (Fsp3) is 0.286. The van der Waals surface area contributed by atoms with Crippen molar-refractivity contribution in [1.29, 1.82) is 0 Å². The maximum Gasteiger partial charge on any atom is 0.357 e. The SMILES string of the molecule is CCOC(=O)c1ccnc(F)n1. The third-order valence-electron chi connectivity index (χ3n) is 1.11. The van der Waals surface area contributed by atoms with Crippen molar-refractivity contribution >= 4 is 5.97 Å². The van der Waals surface area contributed by atoms with Crippen LogP contribution in [0.3, 0.4) is 0 Å². The van der Waals surface area contributed by atoms with E-state index in [1.165, 1.54) is 6.07 Å². The molecule has 5 heteroatoms. The van der Waals surface area contributed by atoms with Gasteiger partial charge in [0.1, 0.15) is 0 Å². The van der Waals surface area contributed by atoms with Gasteiger partial charge in [0, 0.05) is 6.20 Å². The molecule has 0 atom stereocenters. The second-order valence-corrected chi connectivity index (χ2v) is 1.93. The highest BCUT2D eigenvalue weighted by molar-refractivity contribution is 5.86. The molecule has 12 heavy (non-hydrogen) atoms. The Bertz CT molecular complexity index is 290. The lowest BCUT2D eigenvalue weighted by Crippen LogP contribution is -2.08. The fourth-order valence-electron chi connectivity index (χ4n) is 0.654. The van der Waals surface area contributed by atoms with Crippen LogP contribution in [0.1, 0.15) is 17.4 Å². The molecule has 0 unspecified atom stereocenters. The summed E-state index contributed by atoms with van der Waals surface area (Å²) in [5, 5.41) is 0. The molecule has 0 aliphatic carbocycles. The summed E-state index contributed by atoms with van der Waals surface area (Å²) < 4.78 is 16.9. The summed E-state index contributed by atoms with van der Waals surface area (Å²) in [6, 6.07) is 1.29. The molecule has 0 aliphatic rings. The molecule has 64 valence electrons. The van der Waals surface area contributed by atoms with Crippen LogP contribution in [0, 0.1) is 6.08 Å². The van der Waals surface area contributed by atoms with Crippen molar-refractivity contribution in [2.24, 2.45) is 0 Å². The second-order valence-electron chi connectivity index (χ2n) is 1.93. The maximum absolute atomic E-state index is 12.3. The Morgan fingerprint density at radius 2 is 2.50 bits per heavy atom. The number of ether oxygens (including phenoxy) is 1. The lowest BCUT2D eigenvalue weighted by atomic mass is 10.4. The van der Waals surface area contributed by atoms with E-state index in [-0.39, 0.29) is 12.3 Å². The average Bonchev–Trinajstić information content (AvgIpc) is 2.05. The van der Waals surface area contributed by atoms with Gasteiger partial charge in [-0.2, -0.15) is 9.37 Å². The average molecular weight is 170 g/mol. The largest absolute Gasteiger partial charge is 0.461 e.